The first-order valence-corrected chi connectivity index (χ1v) is 10.4. The summed E-state index contributed by atoms with van der Waals surface area (Å²) in [6, 6.07) is 8.37. The lowest BCUT2D eigenvalue weighted by Crippen LogP contribution is -2.54. The van der Waals surface area contributed by atoms with Crippen molar-refractivity contribution in [2.45, 2.75) is 6.10 Å². The van der Waals surface area contributed by atoms with Gasteiger partial charge in [-0.15, -0.1) is 0 Å². The molecule has 0 saturated carbocycles. The maximum Gasteiger partial charge on any atom is 0.416 e. The van der Waals surface area contributed by atoms with Gasteiger partial charge in [-0.2, -0.15) is 0 Å². The Morgan fingerprint density at radius 2 is 2.00 bits per heavy atom. The molecule has 5 rings (SSSR count). The van der Waals surface area contributed by atoms with Crippen LogP contribution in [0.4, 0.5) is 16.3 Å². The van der Waals surface area contributed by atoms with E-state index in [4.69, 9.17) is 13.9 Å². The molecule has 1 amide bonds. The van der Waals surface area contributed by atoms with E-state index in [1.165, 1.54) is 19.7 Å². The van der Waals surface area contributed by atoms with Crippen molar-refractivity contribution in [3.8, 4) is 17.2 Å². The SMILES string of the molecule is COc1cc(C(=O)N2CC(OC)C2)ccc1Nc1cc2c(cn1)cc(-c1cnco1)n2C(=O)O. The Morgan fingerprint density at radius 1 is 1.18 bits per heavy atom. The molecule has 0 spiro atoms. The lowest BCUT2D eigenvalue weighted by atomic mass is 10.1. The summed E-state index contributed by atoms with van der Waals surface area (Å²) in [5, 5.41) is 13.6. The van der Waals surface area contributed by atoms with E-state index in [1.807, 2.05) is 0 Å². The zero-order valence-electron chi connectivity index (χ0n) is 18.4. The predicted molar refractivity (Wildman–Crippen MR) is 122 cm³/mol. The van der Waals surface area contributed by atoms with E-state index in [1.54, 1.807) is 48.5 Å². The lowest BCUT2D eigenvalue weighted by molar-refractivity contribution is -0.0192. The van der Waals surface area contributed by atoms with Gasteiger partial charge in [-0.05, 0) is 24.3 Å². The number of fused-ring (bicyclic) bond motifs is 1. The Hall–Kier alpha value is -4.38. The van der Waals surface area contributed by atoms with Gasteiger partial charge in [0.15, 0.2) is 12.2 Å². The molecule has 1 fully saturated rings. The number of rotatable bonds is 6. The summed E-state index contributed by atoms with van der Waals surface area (Å²) in [7, 11) is 3.14. The number of likely N-dealkylation sites (tertiary alicyclic amines) is 1. The zero-order chi connectivity index (χ0) is 23.8. The number of methoxy groups -OCH3 is 2. The number of pyridine rings is 1. The molecule has 4 heterocycles. The van der Waals surface area contributed by atoms with Gasteiger partial charge in [-0.25, -0.2) is 19.3 Å². The fraction of sp³-hybridized carbons (Fsp3) is 0.217. The van der Waals surface area contributed by atoms with Gasteiger partial charge in [0.1, 0.15) is 11.6 Å². The first kappa shape index (κ1) is 21.5. The molecular weight excluding hydrogens is 442 g/mol. The molecule has 0 bridgehead atoms. The Kier molecular flexibility index (Phi) is 5.38. The number of nitrogens with one attached hydrogen (secondary N) is 1. The molecule has 11 heteroatoms. The minimum absolute atomic E-state index is 0.0714. The highest BCUT2D eigenvalue weighted by molar-refractivity contribution is 5.97. The largest absolute Gasteiger partial charge is 0.495 e. The summed E-state index contributed by atoms with van der Waals surface area (Å²) in [6.07, 6.45) is 3.16. The first-order valence-electron chi connectivity index (χ1n) is 10.4. The molecule has 4 aromatic rings. The maximum atomic E-state index is 12.7. The number of carbonyl (C=O) groups is 2. The van der Waals surface area contributed by atoms with Crippen LogP contribution in [0.5, 0.6) is 5.75 Å². The maximum absolute atomic E-state index is 12.7. The standard InChI is InChI=1S/C23H21N5O6/c1-32-15-10-27(11-15)22(29)13-3-4-16(19(6-13)33-2)26-21-7-17-14(8-25-21)5-18(28(17)23(30)31)20-9-24-12-34-20/h3-9,12,15H,10-11H2,1-2H3,(H,25,26)(H,30,31). The quantitative estimate of drug-likeness (QED) is 0.441. The highest BCUT2D eigenvalue weighted by Gasteiger charge is 2.31. The van der Waals surface area contributed by atoms with Crippen molar-refractivity contribution in [1.82, 2.24) is 19.4 Å². The Labute approximate surface area is 193 Å². The molecule has 3 aromatic heterocycles. The highest BCUT2D eigenvalue weighted by atomic mass is 16.5. The molecule has 11 nitrogen and oxygen atoms in total. The molecule has 1 saturated heterocycles. The van der Waals surface area contributed by atoms with Gasteiger partial charge in [0.05, 0.1) is 36.3 Å². The van der Waals surface area contributed by atoms with E-state index >= 15 is 0 Å². The Morgan fingerprint density at radius 3 is 2.68 bits per heavy atom. The van der Waals surface area contributed by atoms with Crippen LogP contribution in [-0.4, -0.2) is 70.0 Å². The van der Waals surface area contributed by atoms with Crippen molar-refractivity contribution in [3.63, 3.8) is 0 Å². The van der Waals surface area contributed by atoms with Crippen LogP contribution < -0.4 is 10.1 Å². The van der Waals surface area contributed by atoms with Gasteiger partial charge >= 0.3 is 6.09 Å². The monoisotopic (exact) mass is 463 g/mol. The van der Waals surface area contributed by atoms with Crippen LogP contribution in [0.3, 0.4) is 0 Å². The number of benzene rings is 1. The van der Waals surface area contributed by atoms with Crippen molar-refractivity contribution in [2.24, 2.45) is 0 Å². The smallest absolute Gasteiger partial charge is 0.416 e. The van der Waals surface area contributed by atoms with Crippen LogP contribution >= 0.6 is 0 Å². The van der Waals surface area contributed by atoms with E-state index in [9.17, 15) is 14.7 Å². The highest BCUT2D eigenvalue weighted by Crippen LogP contribution is 2.32. The third-order valence-electron chi connectivity index (χ3n) is 5.74. The van der Waals surface area contributed by atoms with E-state index in [0.29, 0.717) is 58.3 Å². The number of oxazole rings is 1. The van der Waals surface area contributed by atoms with E-state index in [0.717, 1.165) is 4.57 Å². The van der Waals surface area contributed by atoms with Gasteiger partial charge in [0, 0.05) is 43.4 Å². The van der Waals surface area contributed by atoms with Gasteiger partial charge in [0.25, 0.3) is 5.91 Å². The van der Waals surface area contributed by atoms with Gasteiger partial charge in [-0.1, -0.05) is 0 Å². The minimum Gasteiger partial charge on any atom is -0.495 e. The fourth-order valence-corrected chi connectivity index (χ4v) is 3.90. The molecule has 1 aromatic carbocycles. The predicted octanol–water partition coefficient (Wildman–Crippen LogP) is 3.44. The number of nitrogens with zero attached hydrogens (tertiary/aromatic N) is 4. The molecule has 1 aliphatic rings. The lowest BCUT2D eigenvalue weighted by Gasteiger charge is -2.38. The summed E-state index contributed by atoms with van der Waals surface area (Å²) < 4.78 is 17.1. The second kappa shape index (κ2) is 8.52. The molecule has 2 N–H and O–H groups in total. The van der Waals surface area contributed by atoms with Crippen LogP contribution in [0.1, 0.15) is 10.4 Å². The Bertz CT molecular complexity index is 1370. The van der Waals surface area contributed by atoms with Gasteiger partial charge in [-0.3, -0.25) is 4.79 Å². The summed E-state index contributed by atoms with van der Waals surface area (Å²) in [5.41, 5.74) is 1.85. The van der Waals surface area contributed by atoms with Gasteiger partial charge < -0.3 is 29.2 Å². The number of carboxylic acid groups (broad SMARTS) is 1. The number of aromatic nitrogens is 3. The molecule has 0 unspecified atom stereocenters. The minimum atomic E-state index is -1.17. The molecule has 0 aliphatic carbocycles. The normalized spacial score (nSPS) is 13.6. The topological polar surface area (TPSA) is 132 Å². The summed E-state index contributed by atoms with van der Waals surface area (Å²) >= 11 is 0. The van der Waals surface area contributed by atoms with Crippen molar-refractivity contribution in [2.75, 3.05) is 32.6 Å². The number of hydrogen-bond donors (Lipinski definition) is 2. The van der Waals surface area contributed by atoms with E-state index in [-0.39, 0.29) is 12.0 Å². The first-order chi connectivity index (χ1) is 16.5. The van der Waals surface area contributed by atoms with Crippen molar-refractivity contribution >= 4 is 34.4 Å². The van der Waals surface area contributed by atoms with Crippen molar-refractivity contribution in [3.05, 3.63) is 54.7 Å². The third kappa shape index (κ3) is 3.71. The van der Waals surface area contributed by atoms with Crippen LogP contribution in [-0.2, 0) is 4.74 Å². The fourth-order valence-electron chi connectivity index (χ4n) is 3.90. The number of amides is 1. The van der Waals surface area contributed by atoms with Crippen LogP contribution in [0.2, 0.25) is 0 Å². The number of ether oxygens (including phenoxy) is 2. The summed E-state index contributed by atoms with van der Waals surface area (Å²) in [5.74, 6) is 1.08. The molecule has 0 radical (unpaired) electrons. The summed E-state index contributed by atoms with van der Waals surface area (Å²) in [6.45, 7) is 1.11. The van der Waals surface area contributed by atoms with E-state index in [2.05, 4.69) is 15.3 Å². The average molecular weight is 463 g/mol. The van der Waals surface area contributed by atoms with Crippen molar-refractivity contribution < 1.29 is 28.6 Å². The summed E-state index contributed by atoms with van der Waals surface area (Å²) in [4.78, 5) is 34.6. The third-order valence-corrected chi connectivity index (χ3v) is 5.74. The molecule has 0 atom stereocenters. The van der Waals surface area contributed by atoms with Crippen LogP contribution in [0.25, 0.3) is 22.4 Å². The number of anilines is 2. The zero-order valence-corrected chi connectivity index (χ0v) is 18.4. The van der Waals surface area contributed by atoms with Crippen molar-refractivity contribution in [1.29, 1.82) is 0 Å². The second-order valence-electron chi connectivity index (χ2n) is 7.75. The second-order valence-corrected chi connectivity index (χ2v) is 7.75. The van der Waals surface area contributed by atoms with E-state index < -0.39 is 6.09 Å². The molecule has 174 valence electrons. The molecule has 1 aliphatic heterocycles. The van der Waals surface area contributed by atoms with Crippen LogP contribution in [0.15, 0.2) is 53.5 Å². The number of carbonyl (C=O) groups excluding carboxylic acids is 1. The molecular formula is C23H21N5O6. The Balaban J connectivity index is 1.44. The average Bonchev–Trinajstić information content (AvgIpc) is 3.46. The molecule has 34 heavy (non-hydrogen) atoms. The van der Waals surface area contributed by atoms with Crippen LogP contribution in [0, 0.1) is 0 Å². The number of hydrogen-bond acceptors (Lipinski definition) is 8. The van der Waals surface area contributed by atoms with Gasteiger partial charge in [0.2, 0.25) is 0 Å².